The van der Waals surface area contributed by atoms with Gasteiger partial charge in [-0.3, -0.25) is 9.78 Å². The van der Waals surface area contributed by atoms with E-state index in [2.05, 4.69) is 15.6 Å². The zero-order valence-corrected chi connectivity index (χ0v) is 17.8. The van der Waals surface area contributed by atoms with Crippen LogP contribution in [0.4, 0.5) is 16.2 Å². The number of pyridine rings is 1. The number of hydrogen-bond donors (Lipinski definition) is 3. The molecule has 7 heteroatoms. The van der Waals surface area contributed by atoms with E-state index < -0.39 is 11.7 Å². The van der Waals surface area contributed by atoms with Gasteiger partial charge in [0.05, 0.1) is 0 Å². The Balaban J connectivity index is 1.88. The molecule has 7 nitrogen and oxygen atoms in total. The molecule has 160 valence electrons. The molecule has 0 unspecified atom stereocenters. The van der Waals surface area contributed by atoms with Crippen LogP contribution >= 0.6 is 0 Å². The van der Waals surface area contributed by atoms with Crippen molar-refractivity contribution in [1.29, 1.82) is 0 Å². The monoisotopic (exact) mass is 418 g/mol. The van der Waals surface area contributed by atoms with Gasteiger partial charge in [-0.25, -0.2) is 4.79 Å². The molecule has 4 N–H and O–H groups in total. The number of ether oxygens (including phenoxy) is 1. The van der Waals surface area contributed by atoms with Crippen LogP contribution in [0.25, 0.3) is 11.1 Å². The highest BCUT2D eigenvalue weighted by Crippen LogP contribution is 2.27. The number of alkyl carbamates (subject to hydrolysis) is 1. The number of carbonyl (C=O) groups is 2. The summed E-state index contributed by atoms with van der Waals surface area (Å²) < 4.78 is 5.31. The highest BCUT2D eigenvalue weighted by Gasteiger charge is 2.17. The maximum Gasteiger partial charge on any atom is 0.407 e. The summed E-state index contributed by atoms with van der Waals surface area (Å²) in [7, 11) is 0. The van der Waals surface area contributed by atoms with Crippen molar-refractivity contribution in [2.45, 2.75) is 32.9 Å². The predicted octanol–water partition coefficient (Wildman–Crippen LogP) is 4.61. The van der Waals surface area contributed by atoms with E-state index in [1.54, 1.807) is 63.5 Å². The number of carbonyl (C=O) groups excluding carboxylic acids is 2. The van der Waals surface area contributed by atoms with Gasteiger partial charge in [-0.05, 0) is 73.9 Å². The SMILES string of the molecule is CC(C)(C)OC(=O)NCc1ccc(C(=O)Nc2ccncc2)cc1-c1cccc(N)c1. The first-order valence-corrected chi connectivity index (χ1v) is 9.88. The van der Waals surface area contributed by atoms with Crippen molar-refractivity contribution >= 4 is 23.4 Å². The third-order valence-electron chi connectivity index (χ3n) is 4.33. The Morgan fingerprint density at radius 1 is 1.03 bits per heavy atom. The van der Waals surface area contributed by atoms with Gasteiger partial charge in [0.2, 0.25) is 0 Å². The van der Waals surface area contributed by atoms with Crippen molar-refractivity contribution in [3.63, 3.8) is 0 Å². The average molecular weight is 418 g/mol. The Kier molecular flexibility index (Phi) is 6.55. The van der Waals surface area contributed by atoms with Crippen LogP contribution in [0.15, 0.2) is 67.0 Å². The van der Waals surface area contributed by atoms with Gasteiger partial charge < -0.3 is 21.1 Å². The van der Waals surface area contributed by atoms with Crippen molar-refractivity contribution in [3.8, 4) is 11.1 Å². The molecular weight excluding hydrogens is 392 g/mol. The molecule has 1 heterocycles. The summed E-state index contributed by atoms with van der Waals surface area (Å²) in [5.74, 6) is -0.247. The van der Waals surface area contributed by atoms with E-state index >= 15 is 0 Å². The molecule has 0 spiro atoms. The molecule has 2 aromatic carbocycles. The Morgan fingerprint density at radius 2 is 1.77 bits per heavy atom. The fourth-order valence-electron chi connectivity index (χ4n) is 2.97. The van der Waals surface area contributed by atoms with Gasteiger partial charge >= 0.3 is 6.09 Å². The quantitative estimate of drug-likeness (QED) is 0.525. The third kappa shape index (κ3) is 6.30. The normalized spacial score (nSPS) is 10.9. The number of amides is 2. The second-order valence-corrected chi connectivity index (χ2v) is 8.04. The Labute approximate surface area is 181 Å². The number of rotatable bonds is 5. The van der Waals surface area contributed by atoms with Crippen molar-refractivity contribution in [2.75, 3.05) is 11.1 Å². The number of nitrogens with one attached hydrogen (secondary N) is 2. The highest BCUT2D eigenvalue weighted by atomic mass is 16.6. The van der Waals surface area contributed by atoms with E-state index in [0.717, 1.165) is 16.7 Å². The summed E-state index contributed by atoms with van der Waals surface area (Å²) in [6.07, 6.45) is 2.71. The molecule has 3 aromatic rings. The minimum Gasteiger partial charge on any atom is -0.444 e. The van der Waals surface area contributed by atoms with E-state index in [0.29, 0.717) is 16.9 Å². The van der Waals surface area contributed by atoms with Gasteiger partial charge in [-0.2, -0.15) is 0 Å². The molecular formula is C24H26N4O3. The molecule has 31 heavy (non-hydrogen) atoms. The largest absolute Gasteiger partial charge is 0.444 e. The number of hydrogen-bond acceptors (Lipinski definition) is 5. The molecule has 0 bridgehead atoms. The molecule has 0 fully saturated rings. The summed E-state index contributed by atoms with van der Waals surface area (Å²) in [6, 6.07) is 16.1. The molecule has 3 rings (SSSR count). The van der Waals surface area contributed by atoms with E-state index in [-0.39, 0.29) is 12.5 Å². The lowest BCUT2D eigenvalue weighted by molar-refractivity contribution is 0.0523. The Morgan fingerprint density at radius 3 is 2.45 bits per heavy atom. The summed E-state index contributed by atoms with van der Waals surface area (Å²) in [5, 5.41) is 5.62. The van der Waals surface area contributed by atoms with Crippen molar-refractivity contribution in [3.05, 3.63) is 78.1 Å². The third-order valence-corrected chi connectivity index (χ3v) is 4.33. The van der Waals surface area contributed by atoms with Crippen molar-refractivity contribution < 1.29 is 14.3 Å². The lowest BCUT2D eigenvalue weighted by Gasteiger charge is -2.20. The summed E-state index contributed by atoms with van der Waals surface area (Å²) in [5.41, 5.74) is 9.59. The zero-order chi connectivity index (χ0) is 22.4. The summed E-state index contributed by atoms with van der Waals surface area (Å²) >= 11 is 0. The molecule has 0 saturated heterocycles. The first-order chi connectivity index (χ1) is 14.7. The number of nitrogen functional groups attached to an aromatic ring is 1. The van der Waals surface area contributed by atoms with Crippen LogP contribution in [0.5, 0.6) is 0 Å². The van der Waals surface area contributed by atoms with Crippen molar-refractivity contribution in [2.24, 2.45) is 0 Å². The smallest absolute Gasteiger partial charge is 0.407 e. The minimum absolute atomic E-state index is 0.241. The van der Waals surface area contributed by atoms with Crippen LogP contribution in [0.2, 0.25) is 0 Å². The molecule has 1 aromatic heterocycles. The molecule has 0 radical (unpaired) electrons. The van der Waals surface area contributed by atoms with Gasteiger partial charge in [0.25, 0.3) is 5.91 Å². The lowest BCUT2D eigenvalue weighted by atomic mass is 9.96. The number of aromatic nitrogens is 1. The van der Waals surface area contributed by atoms with E-state index in [1.807, 2.05) is 24.3 Å². The standard InChI is InChI=1S/C24H26N4O3/c1-24(2,3)31-23(30)27-15-18-8-7-17(22(29)28-20-9-11-26-12-10-20)14-21(18)16-5-4-6-19(25)13-16/h4-14H,15,25H2,1-3H3,(H,27,30)(H,26,28,29). The van der Waals surface area contributed by atoms with Crippen LogP contribution in [0, 0.1) is 0 Å². The maximum atomic E-state index is 12.8. The molecule has 2 amide bonds. The minimum atomic E-state index is -0.588. The van der Waals surface area contributed by atoms with Crippen LogP contribution in [0.1, 0.15) is 36.7 Å². The molecule has 0 aliphatic rings. The first-order valence-electron chi connectivity index (χ1n) is 9.88. The second kappa shape index (κ2) is 9.30. The number of nitrogens with two attached hydrogens (primary N) is 1. The van der Waals surface area contributed by atoms with Crippen LogP contribution in [-0.4, -0.2) is 22.6 Å². The second-order valence-electron chi connectivity index (χ2n) is 8.04. The lowest BCUT2D eigenvalue weighted by Crippen LogP contribution is -2.32. The first kappa shape index (κ1) is 21.8. The van der Waals surface area contributed by atoms with Crippen LogP contribution in [-0.2, 0) is 11.3 Å². The van der Waals surface area contributed by atoms with E-state index in [1.165, 1.54) is 0 Å². The van der Waals surface area contributed by atoms with Crippen molar-refractivity contribution in [1.82, 2.24) is 10.3 Å². The van der Waals surface area contributed by atoms with Gasteiger partial charge in [0.15, 0.2) is 0 Å². The van der Waals surface area contributed by atoms with Gasteiger partial charge in [-0.15, -0.1) is 0 Å². The van der Waals surface area contributed by atoms with Gasteiger partial charge in [-0.1, -0.05) is 18.2 Å². The Hall–Kier alpha value is -3.87. The predicted molar refractivity (Wildman–Crippen MR) is 122 cm³/mol. The fourth-order valence-corrected chi connectivity index (χ4v) is 2.97. The Bertz CT molecular complexity index is 1080. The van der Waals surface area contributed by atoms with Crippen LogP contribution in [0.3, 0.4) is 0 Å². The maximum absolute atomic E-state index is 12.8. The highest BCUT2D eigenvalue weighted by molar-refractivity contribution is 6.05. The van der Waals surface area contributed by atoms with Gasteiger partial charge in [0, 0.05) is 35.9 Å². The number of benzene rings is 2. The number of nitrogens with zero attached hydrogens (tertiary/aromatic N) is 1. The van der Waals surface area contributed by atoms with E-state index in [9.17, 15) is 9.59 Å². The summed E-state index contributed by atoms with van der Waals surface area (Å²) in [4.78, 5) is 28.8. The van der Waals surface area contributed by atoms with Gasteiger partial charge in [0.1, 0.15) is 5.60 Å². The molecule has 0 aliphatic carbocycles. The molecule has 0 saturated carbocycles. The topological polar surface area (TPSA) is 106 Å². The average Bonchev–Trinajstić information content (AvgIpc) is 2.71. The van der Waals surface area contributed by atoms with Crippen LogP contribution < -0.4 is 16.4 Å². The molecule has 0 atom stereocenters. The fraction of sp³-hybridized carbons (Fsp3) is 0.208. The van der Waals surface area contributed by atoms with E-state index in [4.69, 9.17) is 10.5 Å². The zero-order valence-electron chi connectivity index (χ0n) is 17.8. The molecule has 0 aliphatic heterocycles. The summed E-state index contributed by atoms with van der Waals surface area (Å²) in [6.45, 7) is 5.66. The number of anilines is 2.